The van der Waals surface area contributed by atoms with E-state index in [0.717, 1.165) is 32.0 Å². The first-order valence-electron chi connectivity index (χ1n) is 9.55. The first-order valence-corrected chi connectivity index (χ1v) is 11.1. The van der Waals surface area contributed by atoms with Crippen LogP contribution in [0.1, 0.15) is 40.5 Å². The largest absolute Gasteiger partial charge is 0.598 e. The summed E-state index contributed by atoms with van der Waals surface area (Å²) in [7, 11) is 1.85. The number of hydrogen-bond donors (Lipinski definition) is 3. The number of aliphatic hydroxyl groups is 1. The van der Waals surface area contributed by atoms with E-state index in [4.69, 9.17) is 5.73 Å². The number of amides is 2. The second-order valence-corrected chi connectivity index (χ2v) is 10.1. The van der Waals surface area contributed by atoms with Gasteiger partial charge in [-0.3, -0.25) is 19.8 Å². The van der Waals surface area contributed by atoms with Crippen LogP contribution in [-0.4, -0.2) is 75.8 Å². The Morgan fingerprint density at radius 2 is 2.00 bits per heavy atom. The molecule has 1 fully saturated rings. The van der Waals surface area contributed by atoms with Gasteiger partial charge in [-0.25, -0.2) is 0 Å². The number of piperidine rings is 1. The molecule has 0 aliphatic carbocycles. The summed E-state index contributed by atoms with van der Waals surface area (Å²) in [6.45, 7) is 8.98. The van der Waals surface area contributed by atoms with E-state index in [9.17, 15) is 19.2 Å². The number of nitrogens with one attached hydrogen (secondary N) is 1. The Balaban J connectivity index is 2.70. The molecule has 1 saturated heterocycles. The minimum atomic E-state index is -0.985. The predicted octanol–water partition coefficient (Wildman–Crippen LogP) is 0.206. The van der Waals surface area contributed by atoms with E-state index in [2.05, 4.69) is 5.32 Å². The Bertz CT molecular complexity index is 592. The van der Waals surface area contributed by atoms with Crippen molar-refractivity contribution in [3.05, 3.63) is 11.8 Å². The fourth-order valence-corrected chi connectivity index (χ4v) is 3.73. The molecule has 2 atom stereocenters. The Hall–Kier alpha value is -1.13. The molecular weight excluding hydrogens is 380 g/mol. The minimum Gasteiger partial charge on any atom is -0.598 e. The van der Waals surface area contributed by atoms with Crippen molar-refractivity contribution in [2.75, 3.05) is 39.5 Å². The van der Waals surface area contributed by atoms with E-state index in [1.165, 1.54) is 0 Å². The summed E-state index contributed by atoms with van der Waals surface area (Å²) in [6, 6.07) is 0. The van der Waals surface area contributed by atoms with Gasteiger partial charge in [0.15, 0.2) is 0 Å². The molecular formula is C19H36N4O4S. The SMILES string of the molecule is CN(C[C@@H]1CCCN([S+](C)[O-])C1)C(C)(C)C(=O)NC(=O)C=C(N)C(C)(C)CO. The summed E-state index contributed by atoms with van der Waals surface area (Å²) in [6.07, 6.45) is 4.84. The molecule has 1 aliphatic rings. The Morgan fingerprint density at radius 3 is 2.54 bits per heavy atom. The lowest BCUT2D eigenvalue weighted by Gasteiger charge is -2.38. The van der Waals surface area contributed by atoms with Crippen molar-refractivity contribution >= 4 is 23.2 Å². The molecule has 0 bridgehead atoms. The van der Waals surface area contributed by atoms with E-state index in [1.54, 1.807) is 34.0 Å². The Labute approximate surface area is 171 Å². The van der Waals surface area contributed by atoms with E-state index >= 15 is 0 Å². The van der Waals surface area contributed by atoms with Crippen molar-refractivity contribution in [3.63, 3.8) is 0 Å². The van der Waals surface area contributed by atoms with Gasteiger partial charge in [-0.15, -0.1) is 4.31 Å². The van der Waals surface area contributed by atoms with Crippen LogP contribution >= 0.6 is 0 Å². The van der Waals surface area contributed by atoms with Gasteiger partial charge in [0, 0.05) is 48.2 Å². The van der Waals surface area contributed by atoms with Gasteiger partial charge in [0.2, 0.25) is 5.91 Å². The van der Waals surface area contributed by atoms with Crippen LogP contribution in [-0.2, 0) is 21.0 Å². The standard InChI is InChI=1S/C19H36N4O4S/c1-18(2,13-24)15(20)10-16(25)21-17(26)19(3,4)22(5)11-14-8-7-9-23(12-14)28(6)27/h10,14,24H,7-9,11-13,20H2,1-6H3,(H,21,25,26)/t14-,28?/m0/s1. The average molecular weight is 417 g/mol. The minimum absolute atomic E-state index is 0.203. The number of rotatable bonds is 8. The molecule has 162 valence electrons. The molecule has 0 aromatic carbocycles. The maximum Gasteiger partial charge on any atom is 0.252 e. The van der Waals surface area contributed by atoms with Crippen molar-refractivity contribution in [1.82, 2.24) is 14.5 Å². The third-order valence-corrected chi connectivity index (χ3v) is 6.65. The molecule has 0 saturated carbocycles. The van der Waals surface area contributed by atoms with E-state index in [1.807, 2.05) is 16.3 Å². The summed E-state index contributed by atoms with van der Waals surface area (Å²) in [5.41, 5.74) is 4.43. The first-order chi connectivity index (χ1) is 12.8. The van der Waals surface area contributed by atoms with Gasteiger partial charge < -0.3 is 15.4 Å². The van der Waals surface area contributed by atoms with Crippen molar-refractivity contribution in [2.45, 2.75) is 46.1 Å². The zero-order valence-corrected chi connectivity index (χ0v) is 18.8. The topological polar surface area (TPSA) is 122 Å². The van der Waals surface area contributed by atoms with Crippen molar-refractivity contribution in [2.24, 2.45) is 17.1 Å². The van der Waals surface area contributed by atoms with E-state index in [0.29, 0.717) is 12.5 Å². The molecule has 1 aliphatic heterocycles. The van der Waals surface area contributed by atoms with Crippen molar-refractivity contribution in [3.8, 4) is 0 Å². The number of nitrogens with two attached hydrogens (primary N) is 1. The third-order valence-electron chi connectivity index (χ3n) is 5.59. The van der Waals surface area contributed by atoms with E-state index in [-0.39, 0.29) is 12.3 Å². The monoisotopic (exact) mass is 416 g/mol. The molecule has 8 nitrogen and oxygen atoms in total. The molecule has 0 spiro atoms. The van der Waals surface area contributed by atoms with Crippen LogP contribution in [0, 0.1) is 11.3 Å². The number of likely N-dealkylation sites (N-methyl/N-ethyl adjacent to an activating group) is 1. The number of nitrogens with zero attached hydrogens (tertiary/aromatic N) is 2. The highest BCUT2D eigenvalue weighted by Gasteiger charge is 2.36. The van der Waals surface area contributed by atoms with Gasteiger partial charge in [-0.2, -0.15) is 0 Å². The van der Waals surface area contributed by atoms with Crippen LogP contribution < -0.4 is 11.1 Å². The lowest BCUT2D eigenvalue weighted by Crippen LogP contribution is -2.56. The summed E-state index contributed by atoms with van der Waals surface area (Å²) >= 11 is -0.985. The summed E-state index contributed by atoms with van der Waals surface area (Å²) in [4.78, 5) is 26.8. The highest BCUT2D eigenvalue weighted by Crippen LogP contribution is 2.23. The molecule has 0 radical (unpaired) electrons. The maximum absolute atomic E-state index is 12.7. The highest BCUT2D eigenvalue weighted by atomic mass is 32.2. The third kappa shape index (κ3) is 6.73. The van der Waals surface area contributed by atoms with Gasteiger partial charge in [0.25, 0.3) is 5.91 Å². The number of imide groups is 1. The molecule has 1 unspecified atom stereocenters. The Kier molecular flexibility index (Phi) is 8.95. The quantitative estimate of drug-likeness (QED) is 0.382. The lowest BCUT2D eigenvalue weighted by atomic mass is 9.90. The van der Waals surface area contributed by atoms with Gasteiger partial charge in [-0.1, -0.05) is 13.8 Å². The Morgan fingerprint density at radius 1 is 1.39 bits per heavy atom. The van der Waals surface area contributed by atoms with Gasteiger partial charge in [0.05, 0.1) is 12.1 Å². The fourth-order valence-electron chi connectivity index (χ4n) is 2.93. The number of carbonyl (C=O) groups excluding carboxylic acids is 2. The molecule has 1 heterocycles. The second kappa shape index (κ2) is 10.1. The van der Waals surface area contributed by atoms with Gasteiger partial charge in [0.1, 0.15) is 6.26 Å². The summed E-state index contributed by atoms with van der Waals surface area (Å²) in [5.74, 6) is -0.709. The van der Waals surface area contributed by atoms with Crippen LogP contribution in [0.15, 0.2) is 11.8 Å². The molecule has 9 heteroatoms. The van der Waals surface area contributed by atoms with Crippen molar-refractivity contribution in [1.29, 1.82) is 0 Å². The summed E-state index contributed by atoms with van der Waals surface area (Å²) < 4.78 is 13.7. The smallest absolute Gasteiger partial charge is 0.252 e. The zero-order chi connectivity index (χ0) is 21.7. The van der Waals surface area contributed by atoms with Crippen LogP contribution in [0.3, 0.4) is 0 Å². The molecule has 1 rings (SSSR count). The van der Waals surface area contributed by atoms with Crippen LogP contribution in [0.2, 0.25) is 0 Å². The summed E-state index contributed by atoms with van der Waals surface area (Å²) in [5, 5.41) is 11.7. The normalized spacial score (nSPS) is 20.9. The first kappa shape index (κ1) is 24.9. The second-order valence-electron chi connectivity index (χ2n) is 8.72. The highest BCUT2D eigenvalue weighted by molar-refractivity contribution is 7.88. The van der Waals surface area contributed by atoms with Crippen molar-refractivity contribution < 1.29 is 19.2 Å². The number of carbonyl (C=O) groups is 2. The van der Waals surface area contributed by atoms with Crippen LogP contribution in [0.25, 0.3) is 0 Å². The molecule has 28 heavy (non-hydrogen) atoms. The zero-order valence-electron chi connectivity index (χ0n) is 17.9. The number of aliphatic hydroxyl groups excluding tert-OH is 1. The van der Waals surface area contributed by atoms with Gasteiger partial charge in [-0.05, 0) is 39.7 Å². The van der Waals surface area contributed by atoms with Gasteiger partial charge >= 0.3 is 0 Å². The van der Waals surface area contributed by atoms with Crippen LogP contribution in [0.4, 0.5) is 0 Å². The maximum atomic E-state index is 12.7. The van der Waals surface area contributed by atoms with E-state index < -0.39 is 34.1 Å². The molecule has 0 aromatic rings. The average Bonchev–Trinajstić information content (AvgIpc) is 2.61. The molecule has 0 aromatic heterocycles. The molecule has 2 amide bonds. The fraction of sp³-hybridized carbons (Fsp3) is 0.789. The lowest BCUT2D eigenvalue weighted by molar-refractivity contribution is -0.135. The number of hydrogen-bond acceptors (Lipinski definition) is 7. The predicted molar refractivity (Wildman–Crippen MR) is 111 cm³/mol. The molecule has 4 N–H and O–H groups in total. The van der Waals surface area contributed by atoms with Crippen LogP contribution in [0.5, 0.6) is 0 Å².